The van der Waals surface area contributed by atoms with Crippen molar-refractivity contribution in [3.05, 3.63) is 11.1 Å². The monoisotopic (exact) mass is 172 g/mol. The first kappa shape index (κ1) is 8.49. The summed E-state index contributed by atoms with van der Waals surface area (Å²) in [5.74, 6) is 0. The summed E-state index contributed by atoms with van der Waals surface area (Å²) >= 11 is 1.50. The zero-order chi connectivity index (χ0) is 8.27. The Morgan fingerprint density at radius 2 is 2.45 bits per heavy atom. The highest BCUT2D eigenvalue weighted by Crippen LogP contribution is 2.20. The molecule has 0 bridgehead atoms. The van der Waals surface area contributed by atoms with Crippen LogP contribution in [0.5, 0.6) is 5.19 Å². The van der Waals surface area contributed by atoms with Crippen molar-refractivity contribution in [2.75, 3.05) is 0 Å². The van der Waals surface area contributed by atoms with E-state index in [1.54, 1.807) is 6.20 Å². The molecule has 0 aliphatic rings. The Balaban J connectivity index is 2.58. The number of rotatable bonds is 3. The van der Waals surface area contributed by atoms with Crippen LogP contribution < -0.4 is 10.5 Å². The molecule has 62 valence electrons. The van der Waals surface area contributed by atoms with Crippen molar-refractivity contribution in [2.24, 2.45) is 5.73 Å². The van der Waals surface area contributed by atoms with Crippen LogP contribution in [-0.2, 0) is 6.54 Å². The van der Waals surface area contributed by atoms with Crippen LogP contribution in [0.3, 0.4) is 0 Å². The van der Waals surface area contributed by atoms with Gasteiger partial charge in [0.25, 0.3) is 5.19 Å². The second-order valence-electron chi connectivity index (χ2n) is 2.46. The Bertz CT molecular complexity index is 222. The number of thiazole rings is 1. The molecule has 3 nitrogen and oxygen atoms in total. The molecule has 0 spiro atoms. The van der Waals surface area contributed by atoms with Gasteiger partial charge in [-0.1, -0.05) is 11.3 Å². The smallest absolute Gasteiger partial charge is 0.273 e. The molecule has 11 heavy (non-hydrogen) atoms. The first-order chi connectivity index (χ1) is 5.22. The summed E-state index contributed by atoms with van der Waals surface area (Å²) in [4.78, 5) is 5.10. The van der Waals surface area contributed by atoms with Crippen LogP contribution in [0.1, 0.15) is 18.7 Å². The van der Waals surface area contributed by atoms with Crippen molar-refractivity contribution in [3.8, 4) is 5.19 Å². The van der Waals surface area contributed by atoms with E-state index in [0.29, 0.717) is 11.7 Å². The molecule has 0 radical (unpaired) electrons. The third-order valence-corrected chi connectivity index (χ3v) is 1.98. The van der Waals surface area contributed by atoms with Crippen molar-refractivity contribution in [2.45, 2.75) is 26.5 Å². The second kappa shape index (κ2) is 3.69. The summed E-state index contributed by atoms with van der Waals surface area (Å²) in [5, 5.41) is 0.709. The van der Waals surface area contributed by atoms with Gasteiger partial charge in [0.1, 0.15) is 0 Å². The lowest BCUT2D eigenvalue weighted by atomic mass is 10.5. The van der Waals surface area contributed by atoms with Crippen LogP contribution >= 0.6 is 11.3 Å². The maximum Gasteiger partial charge on any atom is 0.273 e. The van der Waals surface area contributed by atoms with Gasteiger partial charge in [-0.05, 0) is 13.8 Å². The first-order valence-corrected chi connectivity index (χ1v) is 4.35. The number of nitrogens with zero attached hydrogens (tertiary/aromatic N) is 1. The third kappa shape index (κ3) is 2.48. The van der Waals surface area contributed by atoms with E-state index in [0.717, 1.165) is 4.88 Å². The number of nitrogens with two attached hydrogens (primary N) is 1. The van der Waals surface area contributed by atoms with Crippen LogP contribution in [-0.4, -0.2) is 11.1 Å². The number of hydrogen-bond acceptors (Lipinski definition) is 4. The van der Waals surface area contributed by atoms with Crippen molar-refractivity contribution in [1.82, 2.24) is 4.98 Å². The molecule has 2 N–H and O–H groups in total. The Morgan fingerprint density at radius 1 is 1.73 bits per heavy atom. The minimum atomic E-state index is 0.187. The van der Waals surface area contributed by atoms with Crippen molar-refractivity contribution >= 4 is 11.3 Å². The van der Waals surface area contributed by atoms with Gasteiger partial charge in [0, 0.05) is 17.6 Å². The summed E-state index contributed by atoms with van der Waals surface area (Å²) in [6.45, 7) is 4.49. The normalized spacial score (nSPS) is 10.5. The lowest BCUT2D eigenvalue weighted by molar-refractivity contribution is 0.241. The quantitative estimate of drug-likeness (QED) is 0.749. The molecule has 0 aliphatic carbocycles. The molecule has 0 aromatic carbocycles. The highest BCUT2D eigenvalue weighted by atomic mass is 32.1. The lowest BCUT2D eigenvalue weighted by Crippen LogP contribution is -2.04. The number of hydrogen-bond donors (Lipinski definition) is 1. The maximum atomic E-state index is 5.41. The number of aromatic nitrogens is 1. The standard InChI is InChI=1S/C7H12N2OS/c1-5(2)10-7-9-4-6(3-8)11-7/h4-5H,3,8H2,1-2H3. The van der Waals surface area contributed by atoms with Gasteiger partial charge in [-0.15, -0.1) is 0 Å². The van der Waals surface area contributed by atoms with Gasteiger partial charge in [0.2, 0.25) is 0 Å². The average Bonchev–Trinajstić information content (AvgIpc) is 2.34. The maximum absolute atomic E-state index is 5.41. The van der Waals surface area contributed by atoms with E-state index >= 15 is 0 Å². The van der Waals surface area contributed by atoms with E-state index in [2.05, 4.69) is 4.98 Å². The molecule has 0 amide bonds. The molecule has 1 rings (SSSR count). The molecule has 0 atom stereocenters. The molecule has 0 saturated heterocycles. The fraction of sp³-hybridized carbons (Fsp3) is 0.571. The Hall–Kier alpha value is -0.610. The highest BCUT2D eigenvalue weighted by Gasteiger charge is 2.02. The highest BCUT2D eigenvalue weighted by molar-refractivity contribution is 7.13. The Morgan fingerprint density at radius 3 is 2.91 bits per heavy atom. The van der Waals surface area contributed by atoms with Crippen LogP contribution in [0.2, 0.25) is 0 Å². The second-order valence-corrected chi connectivity index (χ2v) is 3.54. The summed E-state index contributed by atoms with van der Waals surface area (Å²) in [7, 11) is 0. The molecule has 1 aromatic rings. The minimum Gasteiger partial charge on any atom is -0.467 e. The van der Waals surface area contributed by atoms with Gasteiger partial charge in [0.15, 0.2) is 0 Å². The summed E-state index contributed by atoms with van der Waals surface area (Å²) < 4.78 is 5.35. The minimum absolute atomic E-state index is 0.187. The Labute approximate surface area is 70.2 Å². The van der Waals surface area contributed by atoms with Crippen LogP contribution in [0.15, 0.2) is 6.20 Å². The van der Waals surface area contributed by atoms with Gasteiger partial charge in [-0.3, -0.25) is 0 Å². The molecule has 0 unspecified atom stereocenters. The fourth-order valence-corrected chi connectivity index (χ4v) is 1.40. The molecule has 4 heteroatoms. The van der Waals surface area contributed by atoms with Crippen LogP contribution in [0, 0.1) is 0 Å². The van der Waals surface area contributed by atoms with E-state index in [-0.39, 0.29) is 6.10 Å². The lowest BCUT2D eigenvalue weighted by Gasteiger charge is -2.03. The fourth-order valence-electron chi connectivity index (χ4n) is 0.640. The molecule has 0 aliphatic heterocycles. The van der Waals surface area contributed by atoms with Crippen LogP contribution in [0.25, 0.3) is 0 Å². The van der Waals surface area contributed by atoms with E-state index < -0.39 is 0 Å². The predicted molar refractivity (Wildman–Crippen MR) is 45.8 cm³/mol. The topological polar surface area (TPSA) is 48.1 Å². The Kier molecular flexibility index (Phi) is 2.84. The zero-order valence-corrected chi connectivity index (χ0v) is 7.52. The largest absolute Gasteiger partial charge is 0.467 e. The zero-order valence-electron chi connectivity index (χ0n) is 6.70. The predicted octanol–water partition coefficient (Wildman–Crippen LogP) is 1.39. The molecular formula is C7H12N2OS. The van der Waals surface area contributed by atoms with Crippen molar-refractivity contribution in [1.29, 1.82) is 0 Å². The summed E-state index contributed by atoms with van der Waals surface area (Å²) in [5.41, 5.74) is 5.41. The molecule has 0 fully saturated rings. The van der Waals surface area contributed by atoms with Crippen molar-refractivity contribution in [3.63, 3.8) is 0 Å². The summed E-state index contributed by atoms with van der Waals surface area (Å²) in [6.07, 6.45) is 1.94. The van der Waals surface area contributed by atoms with Gasteiger partial charge in [0.05, 0.1) is 6.10 Å². The van der Waals surface area contributed by atoms with Gasteiger partial charge < -0.3 is 10.5 Å². The van der Waals surface area contributed by atoms with Crippen molar-refractivity contribution < 1.29 is 4.74 Å². The summed E-state index contributed by atoms with van der Waals surface area (Å²) in [6, 6.07) is 0. The first-order valence-electron chi connectivity index (χ1n) is 3.54. The van der Waals surface area contributed by atoms with E-state index in [9.17, 15) is 0 Å². The van der Waals surface area contributed by atoms with E-state index in [1.165, 1.54) is 11.3 Å². The number of ether oxygens (including phenoxy) is 1. The molecular weight excluding hydrogens is 160 g/mol. The molecule has 1 heterocycles. The van der Waals surface area contributed by atoms with E-state index in [4.69, 9.17) is 10.5 Å². The van der Waals surface area contributed by atoms with Crippen LogP contribution in [0.4, 0.5) is 0 Å². The molecule has 0 saturated carbocycles. The SMILES string of the molecule is CC(C)Oc1ncc(CN)s1. The van der Waals surface area contributed by atoms with Gasteiger partial charge in [-0.2, -0.15) is 0 Å². The average molecular weight is 172 g/mol. The van der Waals surface area contributed by atoms with Gasteiger partial charge in [-0.25, -0.2) is 4.98 Å². The van der Waals surface area contributed by atoms with Gasteiger partial charge >= 0.3 is 0 Å². The third-order valence-electron chi connectivity index (χ3n) is 1.07. The molecule has 1 aromatic heterocycles. The van der Waals surface area contributed by atoms with E-state index in [1.807, 2.05) is 13.8 Å².